The minimum Gasteiger partial charge on any atom is -0.465 e. The average Bonchev–Trinajstić information content (AvgIpc) is 2.29. The Balaban J connectivity index is 2.96. The molecule has 104 valence electrons. The van der Waals surface area contributed by atoms with Crippen molar-refractivity contribution >= 4 is 39.3 Å². The van der Waals surface area contributed by atoms with Crippen molar-refractivity contribution in [3.63, 3.8) is 0 Å². The van der Waals surface area contributed by atoms with Crippen molar-refractivity contribution in [2.24, 2.45) is 0 Å². The van der Waals surface area contributed by atoms with Gasteiger partial charge in [-0.1, -0.05) is 15.9 Å². The third-order valence-electron chi connectivity index (χ3n) is 2.39. The molecule has 6 heteroatoms. The van der Waals surface area contributed by atoms with Crippen molar-refractivity contribution in [3.05, 3.63) is 24.3 Å². The van der Waals surface area contributed by atoms with Gasteiger partial charge in [0.2, 0.25) is 5.91 Å². The lowest BCUT2D eigenvalue weighted by Crippen LogP contribution is -2.45. The largest absolute Gasteiger partial charge is 0.465 e. The summed E-state index contributed by atoms with van der Waals surface area (Å²) in [5, 5.41) is 12.2. The number of anilines is 2. The molecule has 2 N–H and O–H groups in total. The van der Waals surface area contributed by atoms with Crippen molar-refractivity contribution in [1.29, 1.82) is 0 Å². The smallest absolute Gasteiger partial charge is 0.412 e. The van der Waals surface area contributed by atoms with Crippen LogP contribution in [-0.4, -0.2) is 28.0 Å². The van der Waals surface area contributed by atoms with Gasteiger partial charge in [-0.2, -0.15) is 0 Å². The number of benzene rings is 1. The fraction of sp³-hybridized carbons (Fsp3) is 0.385. The fourth-order valence-electron chi connectivity index (χ4n) is 1.67. The Morgan fingerprint density at radius 1 is 1.26 bits per heavy atom. The van der Waals surface area contributed by atoms with Gasteiger partial charge in [0, 0.05) is 16.9 Å². The van der Waals surface area contributed by atoms with Crippen molar-refractivity contribution in [3.8, 4) is 0 Å². The van der Waals surface area contributed by atoms with Gasteiger partial charge in [-0.3, -0.25) is 9.69 Å². The quantitative estimate of drug-likeness (QED) is 0.836. The topological polar surface area (TPSA) is 69.6 Å². The van der Waals surface area contributed by atoms with Gasteiger partial charge in [-0.15, -0.1) is 0 Å². The molecule has 1 aromatic carbocycles. The molecule has 0 saturated carbocycles. The van der Waals surface area contributed by atoms with Crippen LogP contribution in [0.5, 0.6) is 0 Å². The lowest BCUT2D eigenvalue weighted by Gasteiger charge is -2.33. The number of halogens is 1. The van der Waals surface area contributed by atoms with E-state index in [2.05, 4.69) is 21.2 Å². The summed E-state index contributed by atoms with van der Waals surface area (Å²) in [5.74, 6) is -0.154. The second-order valence-electron chi connectivity index (χ2n) is 5.02. The highest BCUT2D eigenvalue weighted by atomic mass is 79.9. The zero-order valence-corrected chi connectivity index (χ0v) is 12.7. The van der Waals surface area contributed by atoms with Crippen LogP contribution in [0.1, 0.15) is 20.8 Å². The predicted molar refractivity (Wildman–Crippen MR) is 79.1 cm³/mol. The molecule has 1 rings (SSSR count). The molecule has 1 aromatic rings. The van der Waals surface area contributed by atoms with Crippen LogP contribution in [0.4, 0.5) is 16.2 Å². The Morgan fingerprint density at radius 3 is 2.16 bits per heavy atom. The fourth-order valence-corrected chi connectivity index (χ4v) is 1.81. The Labute approximate surface area is 120 Å². The first-order valence-corrected chi connectivity index (χ1v) is 6.87. The van der Waals surface area contributed by atoms with Crippen LogP contribution in [0.15, 0.2) is 24.3 Å². The molecule has 0 unspecified atom stereocenters. The van der Waals surface area contributed by atoms with Gasteiger partial charge in [0.15, 0.2) is 0 Å². The lowest BCUT2D eigenvalue weighted by molar-refractivity contribution is -0.113. The summed E-state index contributed by atoms with van der Waals surface area (Å²) >= 11 is 3.06. The SMILES string of the molecule is CC(C)(C)N(C(=O)O)c1ccc(NC(=O)CBr)cc1. The van der Waals surface area contributed by atoms with Gasteiger partial charge in [0.1, 0.15) is 0 Å². The highest BCUT2D eigenvalue weighted by molar-refractivity contribution is 9.09. The van der Waals surface area contributed by atoms with Gasteiger partial charge in [0.25, 0.3) is 0 Å². The first-order valence-electron chi connectivity index (χ1n) is 5.74. The summed E-state index contributed by atoms with van der Waals surface area (Å²) in [6.45, 7) is 5.46. The number of carbonyl (C=O) groups excluding carboxylic acids is 1. The van der Waals surface area contributed by atoms with E-state index in [1.165, 1.54) is 4.90 Å². The molecule has 0 fully saturated rings. The van der Waals surface area contributed by atoms with Gasteiger partial charge in [-0.05, 0) is 45.0 Å². The summed E-state index contributed by atoms with van der Waals surface area (Å²) in [7, 11) is 0. The Morgan fingerprint density at radius 2 is 1.79 bits per heavy atom. The Bertz CT molecular complexity index is 466. The van der Waals surface area contributed by atoms with Crippen LogP contribution in [0, 0.1) is 0 Å². The molecule has 0 bridgehead atoms. The van der Waals surface area contributed by atoms with Gasteiger partial charge in [0.05, 0.1) is 5.33 Å². The van der Waals surface area contributed by atoms with E-state index in [0.29, 0.717) is 11.4 Å². The van der Waals surface area contributed by atoms with Crippen LogP contribution in [0.25, 0.3) is 0 Å². The lowest BCUT2D eigenvalue weighted by atomic mass is 10.1. The van der Waals surface area contributed by atoms with Crippen LogP contribution in [0.2, 0.25) is 0 Å². The van der Waals surface area contributed by atoms with E-state index in [4.69, 9.17) is 0 Å². The zero-order chi connectivity index (χ0) is 14.6. The molecule has 0 heterocycles. The second-order valence-corrected chi connectivity index (χ2v) is 5.58. The van der Waals surface area contributed by atoms with E-state index in [9.17, 15) is 14.7 Å². The molecule has 0 radical (unpaired) electrons. The van der Waals surface area contributed by atoms with Crippen molar-refractivity contribution in [2.45, 2.75) is 26.3 Å². The maximum absolute atomic E-state index is 11.3. The van der Waals surface area contributed by atoms with E-state index in [1.54, 1.807) is 24.3 Å². The van der Waals surface area contributed by atoms with E-state index < -0.39 is 11.6 Å². The Hall–Kier alpha value is -1.56. The summed E-state index contributed by atoms with van der Waals surface area (Å²) in [6.07, 6.45) is -1.01. The van der Waals surface area contributed by atoms with Crippen molar-refractivity contribution in [2.75, 3.05) is 15.5 Å². The molecule has 0 atom stereocenters. The van der Waals surface area contributed by atoms with Crippen LogP contribution < -0.4 is 10.2 Å². The van der Waals surface area contributed by atoms with E-state index in [1.807, 2.05) is 20.8 Å². The first kappa shape index (κ1) is 15.5. The summed E-state index contributed by atoms with van der Waals surface area (Å²) < 4.78 is 0. The monoisotopic (exact) mass is 328 g/mol. The molecule has 5 nitrogen and oxygen atoms in total. The van der Waals surface area contributed by atoms with E-state index in [-0.39, 0.29) is 11.2 Å². The minimum atomic E-state index is -1.01. The molecular weight excluding hydrogens is 312 g/mol. The summed E-state index contributed by atoms with van der Waals surface area (Å²) in [4.78, 5) is 23.8. The number of amides is 2. The molecule has 0 spiro atoms. The third kappa shape index (κ3) is 4.24. The third-order valence-corrected chi connectivity index (χ3v) is 2.90. The predicted octanol–water partition coefficient (Wildman–Crippen LogP) is 3.30. The van der Waals surface area contributed by atoms with Crippen LogP contribution >= 0.6 is 15.9 Å². The Kier molecular flexibility index (Phi) is 4.94. The number of hydrogen-bond donors (Lipinski definition) is 2. The van der Waals surface area contributed by atoms with E-state index in [0.717, 1.165) is 0 Å². The molecule has 0 aliphatic rings. The molecule has 19 heavy (non-hydrogen) atoms. The summed E-state index contributed by atoms with van der Waals surface area (Å²) in [6, 6.07) is 6.70. The number of rotatable bonds is 3. The minimum absolute atomic E-state index is 0.154. The molecule has 0 aromatic heterocycles. The zero-order valence-electron chi connectivity index (χ0n) is 11.1. The average molecular weight is 329 g/mol. The summed E-state index contributed by atoms with van der Waals surface area (Å²) in [5.41, 5.74) is 0.663. The first-order chi connectivity index (χ1) is 8.75. The van der Waals surface area contributed by atoms with Gasteiger partial charge in [-0.25, -0.2) is 4.79 Å². The van der Waals surface area contributed by atoms with Crippen LogP contribution in [0.3, 0.4) is 0 Å². The number of alkyl halides is 1. The highest BCUT2D eigenvalue weighted by Crippen LogP contribution is 2.25. The van der Waals surface area contributed by atoms with Crippen molar-refractivity contribution < 1.29 is 14.7 Å². The maximum Gasteiger partial charge on any atom is 0.412 e. The van der Waals surface area contributed by atoms with Crippen molar-refractivity contribution in [1.82, 2.24) is 0 Å². The molecule has 0 aliphatic carbocycles. The standard InChI is InChI=1S/C13H17BrN2O3/c1-13(2,3)16(12(18)19)10-6-4-9(5-7-10)15-11(17)8-14/h4-7H,8H2,1-3H3,(H,15,17)(H,18,19). The normalized spacial score (nSPS) is 10.9. The molecular formula is C13H17BrN2O3. The number of hydrogen-bond acceptors (Lipinski definition) is 2. The highest BCUT2D eigenvalue weighted by Gasteiger charge is 2.27. The van der Waals surface area contributed by atoms with Gasteiger partial charge < -0.3 is 10.4 Å². The van der Waals surface area contributed by atoms with Crippen LogP contribution in [-0.2, 0) is 4.79 Å². The van der Waals surface area contributed by atoms with E-state index >= 15 is 0 Å². The number of nitrogens with one attached hydrogen (secondary N) is 1. The molecule has 2 amide bonds. The number of nitrogens with zero attached hydrogens (tertiary/aromatic N) is 1. The maximum atomic E-state index is 11.3. The second kappa shape index (κ2) is 6.06. The van der Waals surface area contributed by atoms with Gasteiger partial charge >= 0.3 is 6.09 Å². The molecule has 0 saturated heterocycles. The number of carbonyl (C=O) groups is 2. The molecule has 0 aliphatic heterocycles. The number of carboxylic acid groups (broad SMARTS) is 1.